The molecule has 2 N–H and O–H groups in total. The van der Waals surface area contributed by atoms with Crippen molar-refractivity contribution in [3.05, 3.63) is 23.8 Å². The van der Waals surface area contributed by atoms with Crippen LogP contribution in [0.2, 0.25) is 0 Å². The van der Waals surface area contributed by atoms with Gasteiger partial charge in [-0.1, -0.05) is 6.58 Å². The molecule has 0 aliphatic carbocycles. The molecule has 0 aromatic heterocycles. The van der Waals surface area contributed by atoms with Crippen molar-refractivity contribution >= 4 is 5.97 Å². The molecule has 0 aromatic carbocycles. The van der Waals surface area contributed by atoms with Crippen LogP contribution in [0.15, 0.2) is 23.8 Å². The summed E-state index contributed by atoms with van der Waals surface area (Å²) in [5.74, 6) is -0.468. The highest BCUT2D eigenvalue weighted by Crippen LogP contribution is 2.24. The van der Waals surface area contributed by atoms with Gasteiger partial charge in [-0.2, -0.15) is 0 Å². The number of aliphatic hydroxyl groups is 2. The molecule has 2 atom stereocenters. The molecule has 1 heterocycles. The van der Waals surface area contributed by atoms with Gasteiger partial charge < -0.3 is 14.9 Å². The largest absolute Gasteiger partial charge is 0.456 e. The van der Waals surface area contributed by atoms with E-state index in [0.29, 0.717) is 17.6 Å². The fourth-order valence-electron chi connectivity index (χ4n) is 1.33. The number of aliphatic hydroxyl groups excluding tert-OH is 2. The summed E-state index contributed by atoms with van der Waals surface area (Å²) in [6.07, 6.45) is 0.335. The van der Waals surface area contributed by atoms with Crippen molar-refractivity contribution in [3.63, 3.8) is 0 Å². The number of carbonyl (C=O) groups is 1. The summed E-state index contributed by atoms with van der Waals surface area (Å²) in [4.78, 5) is 11.2. The number of cyclic esters (lactones) is 1. The van der Waals surface area contributed by atoms with Gasteiger partial charge in [-0.05, 0) is 18.6 Å². The van der Waals surface area contributed by atoms with Gasteiger partial charge >= 0.3 is 5.97 Å². The average Bonchev–Trinajstić information content (AvgIpc) is 2.47. The molecule has 0 unspecified atom stereocenters. The molecule has 0 saturated carbocycles. The topological polar surface area (TPSA) is 66.8 Å². The lowest BCUT2D eigenvalue weighted by Crippen LogP contribution is -2.26. The zero-order chi connectivity index (χ0) is 10.7. The van der Waals surface area contributed by atoms with Crippen LogP contribution in [0, 0.1) is 0 Å². The van der Waals surface area contributed by atoms with Gasteiger partial charge in [-0.15, -0.1) is 0 Å². The summed E-state index contributed by atoms with van der Waals surface area (Å²) in [5, 5.41) is 18.2. The van der Waals surface area contributed by atoms with Gasteiger partial charge in [0.1, 0.15) is 12.2 Å². The second-order valence-corrected chi connectivity index (χ2v) is 3.35. The smallest absolute Gasteiger partial charge is 0.334 e. The van der Waals surface area contributed by atoms with Crippen molar-refractivity contribution in [1.82, 2.24) is 0 Å². The molecule has 1 fully saturated rings. The average molecular weight is 198 g/mol. The minimum Gasteiger partial charge on any atom is -0.456 e. The Labute approximate surface area is 82.5 Å². The first-order valence-corrected chi connectivity index (χ1v) is 4.40. The maximum Gasteiger partial charge on any atom is 0.334 e. The van der Waals surface area contributed by atoms with E-state index < -0.39 is 18.2 Å². The van der Waals surface area contributed by atoms with Crippen molar-refractivity contribution in [2.45, 2.75) is 25.6 Å². The fraction of sp³-hybridized carbons (Fsp3) is 0.500. The van der Waals surface area contributed by atoms with E-state index in [1.165, 1.54) is 6.08 Å². The molecule has 78 valence electrons. The predicted molar refractivity (Wildman–Crippen MR) is 50.5 cm³/mol. The van der Waals surface area contributed by atoms with Crippen LogP contribution in [-0.4, -0.2) is 35.0 Å². The highest BCUT2D eigenvalue weighted by atomic mass is 16.6. The maximum absolute atomic E-state index is 11.2. The first-order chi connectivity index (χ1) is 6.56. The number of hydrogen-bond donors (Lipinski definition) is 2. The molecule has 4 nitrogen and oxygen atoms in total. The minimum atomic E-state index is -0.830. The van der Waals surface area contributed by atoms with Crippen LogP contribution >= 0.6 is 0 Å². The predicted octanol–water partition coefficient (Wildman–Crippen LogP) is 0.158. The number of rotatable bonds is 3. The Kier molecular flexibility index (Phi) is 3.43. The van der Waals surface area contributed by atoms with E-state index in [9.17, 15) is 9.90 Å². The van der Waals surface area contributed by atoms with Crippen LogP contribution in [0.5, 0.6) is 0 Å². The van der Waals surface area contributed by atoms with E-state index >= 15 is 0 Å². The van der Waals surface area contributed by atoms with Gasteiger partial charge in [0.15, 0.2) is 0 Å². The number of ether oxygens (including phenoxy) is 1. The van der Waals surface area contributed by atoms with Crippen molar-refractivity contribution < 1.29 is 19.7 Å². The molecular formula is C10H14O4. The van der Waals surface area contributed by atoms with E-state index in [2.05, 4.69) is 6.58 Å². The van der Waals surface area contributed by atoms with E-state index in [1.54, 1.807) is 6.92 Å². The van der Waals surface area contributed by atoms with Crippen molar-refractivity contribution in [1.29, 1.82) is 0 Å². The van der Waals surface area contributed by atoms with Crippen LogP contribution in [0.25, 0.3) is 0 Å². The molecule has 1 aliphatic rings. The monoisotopic (exact) mass is 198 g/mol. The highest BCUT2D eigenvalue weighted by molar-refractivity contribution is 5.90. The Hall–Kier alpha value is -1.13. The van der Waals surface area contributed by atoms with Crippen LogP contribution in [0.3, 0.4) is 0 Å². The molecule has 1 aliphatic heterocycles. The quantitative estimate of drug-likeness (QED) is 0.385. The third-order valence-corrected chi connectivity index (χ3v) is 2.14. The number of carbonyl (C=O) groups excluding carboxylic acids is 1. The van der Waals surface area contributed by atoms with Gasteiger partial charge in [0.2, 0.25) is 0 Å². The third-order valence-electron chi connectivity index (χ3n) is 2.14. The molecule has 1 rings (SSSR count). The first-order valence-electron chi connectivity index (χ1n) is 4.40. The Morgan fingerprint density at radius 2 is 2.50 bits per heavy atom. The van der Waals surface area contributed by atoms with E-state index in [-0.39, 0.29) is 6.61 Å². The lowest BCUT2D eigenvalue weighted by atomic mass is 10.0. The molecule has 4 heteroatoms. The zero-order valence-electron chi connectivity index (χ0n) is 8.06. The zero-order valence-corrected chi connectivity index (χ0v) is 8.06. The second kappa shape index (κ2) is 4.39. The van der Waals surface area contributed by atoms with E-state index in [1.807, 2.05) is 0 Å². The number of hydrogen-bond acceptors (Lipinski definition) is 4. The molecule has 14 heavy (non-hydrogen) atoms. The lowest BCUT2D eigenvalue weighted by Gasteiger charge is -2.15. The third kappa shape index (κ3) is 2.21. The SMILES string of the molecule is C=C(C)[C@@H](O)[C@@H]1C/C(=C\CO)C(=O)O1. The van der Waals surface area contributed by atoms with Crippen LogP contribution in [0.4, 0.5) is 0 Å². The summed E-state index contributed by atoms with van der Waals surface area (Å²) in [6, 6.07) is 0. The van der Waals surface area contributed by atoms with Gasteiger partial charge in [-0.3, -0.25) is 0 Å². The molecule has 0 aromatic rings. The Bertz CT molecular complexity index is 280. The summed E-state index contributed by atoms with van der Waals surface area (Å²) >= 11 is 0. The number of esters is 1. The van der Waals surface area contributed by atoms with Gasteiger partial charge in [0, 0.05) is 12.0 Å². The van der Waals surface area contributed by atoms with Gasteiger partial charge in [0.25, 0.3) is 0 Å². The molecule has 1 saturated heterocycles. The van der Waals surface area contributed by atoms with Gasteiger partial charge in [0.05, 0.1) is 6.61 Å². The fourth-order valence-corrected chi connectivity index (χ4v) is 1.33. The standard InChI is InChI=1S/C10H14O4/c1-6(2)9(12)8-5-7(3-4-11)10(13)14-8/h3,8-9,11-12H,1,4-5H2,2H3/b7-3+/t8-,9+/m0/s1. The Morgan fingerprint density at radius 3 is 3.00 bits per heavy atom. The van der Waals surface area contributed by atoms with Gasteiger partial charge in [-0.25, -0.2) is 4.79 Å². The molecule has 0 amide bonds. The maximum atomic E-state index is 11.2. The highest BCUT2D eigenvalue weighted by Gasteiger charge is 2.33. The molecule has 0 bridgehead atoms. The van der Waals surface area contributed by atoms with Crippen molar-refractivity contribution in [3.8, 4) is 0 Å². The second-order valence-electron chi connectivity index (χ2n) is 3.35. The van der Waals surface area contributed by atoms with E-state index in [4.69, 9.17) is 9.84 Å². The van der Waals surface area contributed by atoms with Crippen molar-refractivity contribution in [2.75, 3.05) is 6.61 Å². The van der Waals surface area contributed by atoms with Crippen LogP contribution in [-0.2, 0) is 9.53 Å². The first kappa shape index (κ1) is 10.9. The molecule has 0 spiro atoms. The molecule has 0 radical (unpaired) electrons. The van der Waals surface area contributed by atoms with Crippen molar-refractivity contribution in [2.24, 2.45) is 0 Å². The van der Waals surface area contributed by atoms with Crippen LogP contribution in [0.1, 0.15) is 13.3 Å². The normalized spacial score (nSPS) is 26.4. The van der Waals surface area contributed by atoms with E-state index in [0.717, 1.165) is 0 Å². The molecular weight excluding hydrogens is 184 g/mol. The summed E-state index contributed by atoms with van der Waals surface area (Å²) in [5.41, 5.74) is 0.978. The van der Waals surface area contributed by atoms with Crippen LogP contribution < -0.4 is 0 Å². The summed E-state index contributed by atoms with van der Waals surface area (Å²) in [7, 11) is 0. The summed E-state index contributed by atoms with van der Waals surface area (Å²) in [6.45, 7) is 5.06. The Balaban J connectivity index is 2.68. The summed E-state index contributed by atoms with van der Waals surface area (Å²) < 4.78 is 4.92. The lowest BCUT2D eigenvalue weighted by molar-refractivity contribution is -0.142. The Morgan fingerprint density at radius 1 is 1.86 bits per heavy atom. The minimum absolute atomic E-state index is 0.194.